The van der Waals surface area contributed by atoms with Gasteiger partial charge in [0.15, 0.2) is 0 Å². The first kappa shape index (κ1) is 15.0. The molecule has 0 unspecified atom stereocenters. The lowest BCUT2D eigenvalue weighted by molar-refractivity contribution is -0.307. The number of benzene rings is 1. The number of hydrogen-bond donors (Lipinski definition) is 1. The maximum Gasteiger partial charge on any atom is 0.251 e. The van der Waals surface area contributed by atoms with Gasteiger partial charge in [-0.15, -0.1) is 0 Å². The highest BCUT2D eigenvalue weighted by atomic mass is 32.2. The Labute approximate surface area is 113 Å². The van der Waals surface area contributed by atoms with Gasteiger partial charge in [0, 0.05) is 17.1 Å². The van der Waals surface area contributed by atoms with E-state index in [4.69, 9.17) is 0 Å². The van der Waals surface area contributed by atoms with E-state index in [2.05, 4.69) is 5.32 Å². The van der Waals surface area contributed by atoms with Crippen LogP contribution in [0.1, 0.15) is 10.4 Å². The Morgan fingerprint density at radius 3 is 2.32 bits per heavy atom. The Morgan fingerprint density at radius 1 is 1.16 bits per heavy atom. The van der Waals surface area contributed by atoms with Crippen molar-refractivity contribution >= 4 is 29.6 Å². The van der Waals surface area contributed by atoms with Crippen molar-refractivity contribution in [2.24, 2.45) is 0 Å². The molecule has 1 N–H and O–H groups in total. The van der Waals surface area contributed by atoms with Gasteiger partial charge in [0.25, 0.3) is 5.91 Å². The van der Waals surface area contributed by atoms with Crippen molar-refractivity contribution in [3.63, 3.8) is 0 Å². The van der Waals surface area contributed by atoms with Crippen molar-refractivity contribution in [3.8, 4) is 0 Å². The van der Waals surface area contributed by atoms with Gasteiger partial charge in [-0.2, -0.15) is 11.8 Å². The molecule has 0 saturated heterocycles. The van der Waals surface area contributed by atoms with E-state index in [1.165, 1.54) is 12.1 Å². The zero-order chi connectivity index (χ0) is 14.3. The molecule has 0 bridgehead atoms. The van der Waals surface area contributed by atoms with E-state index in [1.807, 2.05) is 0 Å². The number of hydrogen-bond acceptors (Lipinski definition) is 6. The highest BCUT2D eigenvalue weighted by molar-refractivity contribution is 8.00. The van der Waals surface area contributed by atoms with E-state index in [0.29, 0.717) is 5.56 Å². The molecule has 0 aliphatic rings. The zero-order valence-corrected chi connectivity index (χ0v) is 10.6. The normalized spacial score (nSPS) is 11.6. The number of amides is 1. The second-order valence-corrected chi connectivity index (χ2v) is 4.63. The summed E-state index contributed by atoms with van der Waals surface area (Å²) in [5, 5.41) is 23.3. The topological polar surface area (TPSA) is 109 Å². The van der Waals surface area contributed by atoms with Gasteiger partial charge in [0.05, 0.1) is 18.0 Å². The predicted octanol–water partition coefficient (Wildman–Crippen LogP) is -1.98. The predicted molar refractivity (Wildman–Crippen MR) is 65.0 cm³/mol. The number of rotatable bonds is 7. The minimum atomic E-state index is -1.46. The molecule has 0 saturated carbocycles. The fourth-order valence-electron chi connectivity index (χ4n) is 1.26. The lowest BCUT2D eigenvalue weighted by Gasteiger charge is -2.19. The van der Waals surface area contributed by atoms with Crippen molar-refractivity contribution in [1.82, 2.24) is 5.32 Å². The van der Waals surface area contributed by atoms with Crippen molar-refractivity contribution in [2.75, 3.05) is 11.5 Å². The van der Waals surface area contributed by atoms with Crippen LogP contribution < -0.4 is 15.5 Å². The van der Waals surface area contributed by atoms with Crippen molar-refractivity contribution < 1.29 is 24.6 Å². The standard InChI is InChI=1S/C12H13NO5S/c14-10(15)7-19-6-9(12(17)18)13-11(16)8-4-2-1-3-5-8/h1-5,9H,6-7H2,(H,13,16)(H,14,15)(H,17,18)/p-2/t9-/m0/s1. The number of aliphatic carboxylic acids is 2. The molecule has 7 heteroatoms. The van der Waals surface area contributed by atoms with Crippen LogP contribution in [0.25, 0.3) is 0 Å². The van der Waals surface area contributed by atoms with Crippen LogP contribution in [0.2, 0.25) is 0 Å². The molecule has 0 heterocycles. The van der Waals surface area contributed by atoms with E-state index >= 15 is 0 Å². The number of thioether (sulfide) groups is 1. The first-order valence-corrected chi connectivity index (χ1v) is 6.50. The maximum atomic E-state index is 11.7. The summed E-state index contributed by atoms with van der Waals surface area (Å²) in [5.74, 6) is -3.75. The van der Waals surface area contributed by atoms with Gasteiger partial charge in [-0.1, -0.05) is 18.2 Å². The van der Waals surface area contributed by atoms with Gasteiger partial charge in [0.1, 0.15) is 0 Å². The maximum absolute atomic E-state index is 11.7. The third-order valence-electron chi connectivity index (χ3n) is 2.13. The van der Waals surface area contributed by atoms with Gasteiger partial charge in [-0.3, -0.25) is 4.79 Å². The second kappa shape index (κ2) is 7.42. The minimum Gasteiger partial charge on any atom is -0.549 e. The summed E-state index contributed by atoms with van der Waals surface area (Å²) in [4.78, 5) is 32.8. The van der Waals surface area contributed by atoms with E-state index in [9.17, 15) is 24.6 Å². The largest absolute Gasteiger partial charge is 0.549 e. The Balaban J connectivity index is 2.56. The molecule has 1 aromatic carbocycles. The molecule has 0 aromatic heterocycles. The van der Waals surface area contributed by atoms with Gasteiger partial charge in [-0.25, -0.2) is 0 Å². The molecule has 1 aromatic rings. The average Bonchev–Trinajstić information content (AvgIpc) is 2.37. The van der Waals surface area contributed by atoms with E-state index in [-0.39, 0.29) is 11.5 Å². The van der Waals surface area contributed by atoms with E-state index in [1.54, 1.807) is 18.2 Å². The van der Waals surface area contributed by atoms with Crippen LogP contribution in [0.3, 0.4) is 0 Å². The summed E-state index contributed by atoms with van der Waals surface area (Å²) in [6, 6.07) is 6.84. The molecular formula is C12H11NO5S-2. The van der Waals surface area contributed by atoms with Crippen LogP contribution in [0.4, 0.5) is 0 Å². The van der Waals surface area contributed by atoms with Gasteiger partial charge in [0.2, 0.25) is 0 Å². The highest BCUT2D eigenvalue weighted by Crippen LogP contribution is 2.04. The molecular weight excluding hydrogens is 270 g/mol. The molecule has 0 radical (unpaired) electrons. The Hall–Kier alpha value is -2.02. The lowest BCUT2D eigenvalue weighted by Crippen LogP contribution is -2.49. The van der Waals surface area contributed by atoms with Gasteiger partial charge >= 0.3 is 0 Å². The molecule has 19 heavy (non-hydrogen) atoms. The van der Waals surface area contributed by atoms with Crippen LogP contribution in [-0.4, -0.2) is 35.4 Å². The minimum absolute atomic E-state index is 0.102. The summed E-state index contributed by atoms with van der Waals surface area (Å²) in [5.41, 5.74) is 0.318. The van der Waals surface area contributed by atoms with Crippen LogP contribution in [-0.2, 0) is 9.59 Å². The molecule has 1 amide bonds. The van der Waals surface area contributed by atoms with Gasteiger partial charge < -0.3 is 25.1 Å². The van der Waals surface area contributed by atoms with Crippen molar-refractivity contribution in [2.45, 2.75) is 6.04 Å². The highest BCUT2D eigenvalue weighted by Gasteiger charge is 2.14. The van der Waals surface area contributed by atoms with Gasteiger partial charge in [-0.05, 0) is 12.1 Å². The number of carboxylic acid groups (broad SMARTS) is 2. The van der Waals surface area contributed by atoms with Crippen molar-refractivity contribution in [3.05, 3.63) is 35.9 Å². The number of carboxylic acids is 2. The molecule has 6 nitrogen and oxygen atoms in total. The monoisotopic (exact) mass is 281 g/mol. The molecule has 0 spiro atoms. The summed E-state index contributed by atoms with van der Waals surface area (Å²) >= 11 is 0.837. The number of carbonyl (C=O) groups excluding carboxylic acids is 3. The van der Waals surface area contributed by atoms with Crippen LogP contribution in [0.5, 0.6) is 0 Å². The number of carbonyl (C=O) groups is 3. The van der Waals surface area contributed by atoms with Crippen LogP contribution >= 0.6 is 11.8 Å². The van der Waals surface area contributed by atoms with E-state index < -0.39 is 23.9 Å². The summed E-state index contributed by atoms with van der Waals surface area (Å²) in [6.45, 7) is 0. The first-order valence-electron chi connectivity index (χ1n) is 5.35. The Bertz CT molecular complexity index is 462. The first-order chi connectivity index (χ1) is 9.00. The zero-order valence-electron chi connectivity index (χ0n) is 9.83. The summed E-state index contributed by atoms with van der Waals surface area (Å²) < 4.78 is 0. The molecule has 1 rings (SSSR count). The summed E-state index contributed by atoms with van der Waals surface area (Å²) in [6.07, 6.45) is 0. The SMILES string of the molecule is O=C([O-])CSC[C@H](NC(=O)c1ccccc1)C(=O)[O-]. The molecule has 0 fully saturated rings. The molecule has 102 valence electrons. The van der Waals surface area contributed by atoms with Crippen LogP contribution in [0, 0.1) is 0 Å². The van der Waals surface area contributed by atoms with Crippen LogP contribution in [0.15, 0.2) is 30.3 Å². The fraction of sp³-hybridized carbons (Fsp3) is 0.250. The van der Waals surface area contributed by atoms with Crippen molar-refractivity contribution in [1.29, 1.82) is 0 Å². The second-order valence-electron chi connectivity index (χ2n) is 3.60. The molecule has 0 aliphatic carbocycles. The smallest absolute Gasteiger partial charge is 0.251 e. The third kappa shape index (κ3) is 5.43. The molecule has 0 aliphatic heterocycles. The molecule has 1 atom stereocenters. The lowest BCUT2D eigenvalue weighted by atomic mass is 10.2. The Morgan fingerprint density at radius 2 is 1.79 bits per heavy atom. The average molecular weight is 281 g/mol. The summed E-state index contributed by atoms with van der Waals surface area (Å²) in [7, 11) is 0. The number of nitrogens with one attached hydrogen (secondary N) is 1. The van der Waals surface area contributed by atoms with E-state index in [0.717, 1.165) is 11.8 Å². The fourth-order valence-corrected chi connectivity index (χ4v) is 2.00. The third-order valence-corrected chi connectivity index (χ3v) is 3.14. The quantitative estimate of drug-likeness (QED) is 0.620. The Kier molecular flexibility index (Phi) is 5.87.